The van der Waals surface area contributed by atoms with Crippen molar-refractivity contribution in [2.75, 3.05) is 0 Å². The summed E-state index contributed by atoms with van der Waals surface area (Å²) in [6, 6.07) is 62.1. The summed E-state index contributed by atoms with van der Waals surface area (Å²) >= 11 is 0. The number of hydrogen-bond donors (Lipinski definition) is 1. The van der Waals surface area contributed by atoms with E-state index in [1.54, 1.807) is 6.07 Å². The van der Waals surface area contributed by atoms with Crippen LogP contribution in [0.25, 0.3) is 83.9 Å². The summed E-state index contributed by atoms with van der Waals surface area (Å²) in [5.41, 5.74) is 15.2. The van der Waals surface area contributed by atoms with E-state index >= 15 is 0 Å². The maximum Gasteiger partial charge on any atom is 0.148 e. The van der Waals surface area contributed by atoms with Gasteiger partial charge in [-0.3, -0.25) is 9.55 Å². The normalized spacial score (nSPS) is 12.2. The van der Waals surface area contributed by atoms with Gasteiger partial charge in [-0.2, -0.15) is 0 Å². The number of phenolic OH excluding ortho intramolecular Hbond substituents is 1. The van der Waals surface area contributed by atoms with Crippen LogP contribution in [0.3, 0.4) is 0 Å². The van der Waals surface area contributed by atoms with Gasteiger partial charge in [0.1, 0.15) is 11.6 Å². The molecule has 2 heterocycles. The van der Waals surface area contributed by atoms with Crippen LogP contribution in [0.2, 0.25) is 0 Å². The Balaban J connectivity index is 0.00000560. The van der Waals surface area contributed by atoms with Crippen molar-refractivity contribution in [1.29, 1.82) is 0 Å². The Morgan fingerprint density at radius 2 is 1.22 bits per heavy atom. The first-order chi connectivity index (χ1) is 30.2. The largest absolute Gasteiger partial charge is 0.507 e. The number of imidazole rings is 1. The average Bonchev–Trinajstić information content (AvgIpc) is 3.68. The number of phenols is 1. The standard InChI is InChI=1S/C58H52N3O.Pt/c1-38(2)39-25-27-41(28-26-39)43-31-32-59-51(36-43)46-34-44(40-17-10-8-11-18-40)33-45(35-46)48-22-16-23-53-55(48)60-56(49-21-14-15-24-54(49)62)61(53)52-30-29-47(58(6,7)57(3,4)5)37-50(52)42-19-12-9-13-20-42;/h8-34,36-38,62H,1-7H3;/q-1;/i38D;. The number of aromatic nitrogens is 3. The molecule has 316 valence electrons. The van der Waals surface area contributed by atoms with E-state index in [4.69, 9.17) is 11.3 Å². The molecule has 1 N–H and O–H groups in total. The van der Waals surface area contributed by atoms with Crippen LogP contribution in [0.4, 0.5) is 0 Å². The third-order valence-corrected chi connectivity index (χ3v) is 12.8. The fourth-order valence-electron chi connectivity index (χ4n) is 8.21. The first kappa shape index (κ1) is 42.0. The number of benzene rings is 7. The number of nitrogens with zero attached hydrogens (tertiary/aromatic N) is 3. The second kappa shape index (κ2) is 17.4. The van der Waals surface area contributed by atoms with Crippen LogP contribution >= 0.6 is 0 Å². The Morgan fingerprint density at radius 3 is 1.90 bits per heavy atom. The predicted molar refractivity (Wildman–Crippen MR) is 259 cm³/mol. The summed E-state index contributed by atoms with van der Waals surface area (Å²) < 4.78 is 10.7. The minimum atomic E-state index is -0.676. The molecule has 63 heavy (non-hydrogen) atoms. The van der Waals surface area contributed by atoms with Gasteiger partial charge in [-0.15, -0.1) is 23.8 Å². The van der Waals surface area contributed by atoms with Crippen LogP contribution < -0.4 is 0 Å². The molecular weight excluding hydrogens is 950 g/mol. The molecule has 0 fully saturated rings. The van der Waals surface area contributed by atoms with Crippen molar-refractivity contribution in [2.45, 2.75) is 59.8 Å². The van der Waals surface area contributed by atoms with Gasteiger partial charge in [0.2, 0.25) is 0 Å². The molecule has 0 atom stereocenters. The number of fused-ring (bicyclic) bond motifs is 1. The summed E-state index contributed by atoms with van der Waals surface area (Å²) in [6.07, 6.45) is 1.86. The van der Waals surface area contributed by atoms with Crippen molar-refractivity contribution in [3.63, 3.8) is 0 Å². The molecule has 0 spiro atoms. The average molecular weight is 1000 g/mol. The molecule has 0 aliphatic carbocycles. The molecule has 0 amide bonds. The van der Waals surface area contributed by atoms with E-state index in [2.05, 4.69) is 167 Å². The molecule has 4 nitrogen and oxygen atoms in total. The Hall–Kier alpha value is -6.35. The summed E-state index contributed by atoms with van der Waals surface area (Å²) in [4.78, 5) is 10.4. The predicted octanol–water partition coefficient (Wildman–Crippen LogP) is 15.4. The van der Waals surface area contributed by atoms with E-state index in [1.807, 2.05) is 62.5 Å². The molecule has 0 unspecified atom stereocenters. The summed E-state index contributed by atoms with van der Waals surface area (Å²) in [6.45, 7) is 15.3. The van der Waals surface area contributed by atoms with E-state index < -0.39 is 5.89 Å². The van der Waals surface area contributed by atoms with Crippen LogP contribution in [-0.2, 0) is 26.5 Å². The van der Waals surface area contributed by atoms with Crippen molar-refractivity contribution in [3.8, 4) is 78.6 Å². The van der Waals surface area contributed by atoms with E-state index in [9.17, 15) is 5.11 Å². The Bertz CT molecular complexity index is 3100. The molecule has 2 aromatic heterocycles. The fraction of sp³-hybridized carbons (Fsp3) is 0.172. The number of pyridine rings is 1. The Labute approximate surface area is 388 Å². The van der Waals surface area contributed by atoms with Crippen LogP contribution in [-0.4, -0.2) is 19.6 Å². The SMILES string of the molecule is [2H]C(C)(C)c1ccc(-c2ccnc(-c3[c-]c(-c4cccc5c4nc(-c4ccccc4O)n5-c4ccc(C(C)(C)C(C)(C)C)cc4-c4ccccc4)cc(-c4ccccc4)c3)c2)cc1.[Pt]. The van der Waals surface area contributed by atoms with Crippen molar-refractivity contribution in [3.05, 3.63) is 193 Å². The van der Waals surface area contributed by atoms with E-state index in [0.717, 1.165) is 78.0 Å². The summed E-state index contributed by atoms with van der Waals surface area (Å²) in [5.74, 6) is 0.125. The maximum absolute atomic E-state index is 11.5. The first-order valence-electron chi connectivity index (χ1n) is 21.9. The van der Waals surface area contributed by atoms with Crippen LogP contribution in [0.1, 0.15) is 66.9 Å². The van der Waals surface area contributed by atoms with Gasteiger partial charge in [0, 0.05) is 39.9 Å². The van der Waals surface area contributed by atoms with Crippen molar-refractivity contribution in [2.24, 2.45) is 5.41 Å². The van der Waals surface area contributed by atoms with Gasteiger partial charge in [0.15, 0.2) is 0 Å². The smallest absolute Gasteiger partial charge is 0.148 e. The second-order valence-corrected chi connectivity index (χ2v) is 18.0. The van der Waals surface area contributed by atoms with Gasteiger partial charge in [0.25, 0.3) is 0 Å². The van der Waals surface area contributed by atoms with Gasteiger partial charge < -0.3 is 5.11 Å². The summed E-state index contributed by atoms with van der Waals surface area (Å²) in [5, 5.41) is 11.5. The Morgan fingerprint density at radius 1 is 0.587 bits per heavy atom. The minimum absolute atomic E-state index is 0. The molecule has 0 aliphatic heterocycles. The molecule has 0 bridgehead atoms. The van der Waals surface area contributed by atoms with Crippen LogP contribution in [0.5, 0.6) is 5.75 Å². The van der Waals surface area contributed by atoms with E-state index in [1.165, 1.54) is 5.56 Å². The molecule has 0 saturated carbocycles. The fourth-order valence-corrected chi connectivity index (χ4v) is 8.21. The number of para-hydroxylation sites is 2. The van der Waals surface area contributed by atoms with Crippen LogP contribution in [0, 0.1) is 11.5 Å². The summed E-state index contributed by atoms with van der Waals surface area (Å²) in [7, 11) is 0. The van der Waals surface area contributed by atoms with Gasteiger partial charge in [-0.05, 0) is 86.5 Å². The number of rotatable bonds is 9. The topological polar surface area (TPSA) is 50.9 Å². The molecule has 5 heteroatoms. The van der Waals surface area contributed by atoms with Gasteiger partial charge >= 0.3 is 0 Å². The molecule has 9 aromatic rings. The third-order valence-electron chi connectivity index (χ3n) is 12.8. The molecule has 0 aliphatic rings. The molecule has 7 aromatic carbocycles. The van der Waals surface area contributed by atoms with Gasteiger partial charge in [-0.1, -0.05) is 186 Å². The molecule has 0 radical (unpaired) electrons. The van der Waals surface area contributed by atoms with Crippen molar-refractivity contribution in [1.82, 2.24) is 14.5 Å². The van der Waals surface area contributed by atoms with E-state index in [0.29, 0.717) is 11.4 Å². The molecular formula is C58H52N3OPt-. The zero-order valence-corrected chi connectivity index (χ0v) is 39.1. The third kappa shape index (κ3) is 8.33. The van der Waals surface area contributed by atoms with Gasteiger partial charge in [-0.25, -0.2) is 4.98 Å². The quantitative estimate of drug-likeness (QED) is 0.147. The van der Waals surface area contributed by atoms with Crippen molar-refractivity contribution < 1.29 is 27.5 Å². The maximum atomic E-state index is 11.5. The minimum Gasteiger partial charge on any atom is -0.507 e. The monoisotopic (exact) mass is 1000 g/mol. The Kier molecular flexibility index (Phi) is 11.6. The number of hydrogen-bond acceptors (Lipinski definition) is 3. The molecule has 9 rings (SSSR count). The van der Waals surface area contributed by atoms with E-state index in [-0.39, 0.29) is 37.6 Å². The zero-order chi connectivity index (χ0) is 44.1. The number of aromatic hydroxyl groups is 1. The van der Waals surface area contributed by atoms with Gasteiger partial charge in [0.05, 0.1) is 22.3 Å². The second-order valence-electron chi connectivity index (χ2n) is 18.0. The first-order valence-corrected chi connectivity index (χ1v) is 21.4. The molecule has 0 saturated heterocycles. The van der Waals surface area contributed by atoms with Crippen LogP contribution in [0.15, 0.2) is 176 Å². The zero-order valence-electron chi connectivity index (χ0n) is 37.8. The van der Waals surface area contributed by atoms with Crippen molar-refractivity contribution >= 4 is 11.0 Å².